The van der Waals surface area contributed by atoms with Crippen LogP contribution in [0.5, 0.6) is 0 Å². The van der Waals surface area contributed by atoms with Crippen LogP contribution in [-0.2, 0) is 4.79 Å². The van der Waals surface area contributed by atoms with Crippen molar-refractivity contribution in [3.63, 3.8) is 0 Å². The quantitative estimate of drug-likeness (QED) is 0.700. The molecule has 0 spiro atoms. The van der Waals surface area contributed by atoms with Gasteiger partial charge in [0.1, 0.15) is 11.8 Å². The van der Waals surface area contributed by atoms with E-state index in [1.807, 2.05) is 0 Å². The number of nitrogens with one attached hydrogen (secondary N) is 1. The summed E-state index contributed by atoms with van der Waals surface area (Å²) in [5.74, 6) is -0.466. The number of nitrogens with zero attached hydrogens (tertiary/aromatic N) is 1. The summed E-state index contributed by atoms with van der Waals surface area (Å²) in [7, 11) is 0. The van der Waals surface area contributed by atoms with Gasteiger partial charge in [-0.25, -0.2) is 4.98 Å². The molecule has 0 saturated carbocycles. The standard InChI is InChI=1S/C8H9ClN2O2/c1-5-6(11-8(13)4-12)2-3-7(9)10-5/h2-3,12H,4H2,1H3,(H,11,13). The first-order valence-corrected chi connectivity index (χ1v) is 4.05. The van der Waals surface area contributed by atoms with Crippen LogP contribution in [0.2, 0.25) is 5.15 Å². The molecule has 0 unspecified atom stereocenters. The fraction of sp³-hybridized carbons (Fsp3) is 0.250. The molecule has 0 fully saturated rings. The van der Waals surface area contributed by atoms with Gasteiger partial charge in [-0.2, -0.15) is 0 Å². The number of pyridine rings is 1. The number of carbonyl (C=O) groups excluding carboxylic acids is 1. The van der Waals surface area contributed by atoms with E-state index in [-0.39, 0.29) is 0 Å². The number of aryl methyl sites for hydroxylation is 1. The molecule has 0 atom stereocenters. The Labute approximate surface area is 80.6 Å². The van der Waals surface area contributed by atoms with Crippen LogP contribution in [0.15, 0.2) is 12.1 Å². The molecular formula is C8H9ClN2O2. The van der Waals surface area contributed by atoms with Crippen LogP contribution >= 0.6 is 11.6 Å². The average molecular weight is 201 g/mol. The molecule has 0 aliphatic rings. The van der Waals surface area contributed by atoms with Crippen molar-refractivity contribution in [3.05, 3.63) is 23.0 Å². The van der Waals surface area contributed by atoms with Gasteiger partial charge in [0.15, 0.2) is 0 Å². The molecule has 1 aromatic rings. The third kappa shape index (κ3) is 2.68. The fourth-order valence-electron chi connectivity index (χ4n) is 0.852. The molecule has 0 radical (unpaired) electrons. The van der Waals surface area contributed by atoms with Crippen molar-refractivity contribution in [3.8, 4) is 0 Å². The van der Waals surface area contributed by atoms with E-state index in [1.165, 1.54) is 0 Å². The number of aromatic nitrogens is 1. The largest absolute Gasteiger partial charge is 0.387 e. The molecule has 4 nitrogen and oxygen atoms in total. The summed E-state index contributed by atoms with van der Waals surface area (Å²) >= 11 is 5.61. The molecule has 0 aromatic carbocycles. The summed E-state index contributed by atoms with van der Waals surface area (Å²) in [6.45, 7) is 1.18. The van der Waals surface area contributed by atoms with Gasteiger partial charge >= 0.3 is 0 Å². The van der Waals surface area contributed by atoms with Crippen molar-refractivity contribution in [2.45, 2.75) is 6.92 Å². The average Bonchev–Trinajstić information content (AvgIpc) is 2.09. The lowest BCUT2D eigenvalue weighted by molar-refractivity contribution is -0.118. The number of anilines is 1. The van der Waals surface area contributed by atoms with E-state index in [1.54, 1.807) is 19.1 Å². The lowest BCUT2D eigenvalue weighted by atomic mass is 10.3. The maximum atomic E-state index is 10.8. The maximum absolute atomic E-state index is 10.8. The molecule has 1 amide bonds. The SMILES string of the molecule is Cc1nc(Cl)ccc1NC(=O)CO. The molecule has 0 bridgehead atoms. The summed E-state index contributed by atoms with van der Waals surface area (Å²) in [6, 6.07) is 3.21. The number of hydrogen-bond acceptors (Lipinski definition) is 3. The summed E-state index contributed by atoms with van der Waals surface area (Å²) in [5, 5.41) is 11.3. The van der Waals surface area contributed by atoms with E-state index in [2.05, 4.69) is 10.3 Å². The van der Waals surface area contributed by atoms with Crippen LogP contribution in [0.4, 0.5) is 5.69 Å². The molecule has 1 rings (SSSR count). The highest BCUT2D eigenvalue weighted by atomic mass is 35.5. The van der Waals surface area contributed by atoms with Crippen molar-refractivity contribution < 1.29 is 9.90 Å². The molecule has 0 aliphatic heterocycles. The number of carbonyl (C=O) groups is 1. The van der Waals surface area contributed by atoms with Crippen LogP contribution in [0, 0.1) is 6.92 Å². The predicted octanol–water partition coefficient (Wildman–Crippen LogP) is 0.974. The van der Waals surface area contributed by atoms with Gasteiger partial charge in [0.25, 0.3) is 0 Å². The minimum absolute atomic E-state index is 0.375. The van der Waals surface area contributed by atoms with Gasteiger partial charge < -0.3 is 10.4 Å². The first-order chi connectivity index (χ1) is 6.13. The summed E-state index contributed by atoms with van der Waals surface area (Å²) in [6.07, 6.45) is 0. The maximum Gasteiger partial charge on any atom is 0.250 e. The van der Waals surface area contributed by atoms with Crippen LogP contribution in [0.25, 0.3) is 0 Å². The van der Waals surface area contributed by atoms with Gasteiger partial charge in [0.05, 0.1) is 11.4 Å². The zero-order valence-corrected chi connectivity index (χ0v) is 7.80. The first-order valence-electron chi connectivity index (χ1n) is 3.67. The Bertz CT molecular complexity index is 328. The van der Waals surface area contributed by atoms with E-state index in [0.29, 0.717) is 16.5 Å². The minimum Gasteiger partial charge on any atom is -0.387 e. The molecular weight excluding hydrogens is 192 g/mol. The van der Waals surface area contributed by atoms with Gasteiger partial charge in [0, 0.05) is 0 Å². The monoisotopic (exact) mass is 200 g/mol. The topological polar surface area (TPSA) is 62.2 Å². The first kappa shape index (κ1) is 9.95. The number of aliphatic hydroxyl groups excluding tert-OH is 1. The second-order valence-corrected chi connectivity index (χ2v) is 2.86. The highest BCUT2D eigenvalue weighted by molar-refractivity contribution is 6.29. The number of hydrogen-bond donors (Lipinski definition) is 2. The third-order valence-corrected chi connectivity index (χ3v) is 1.68. The lowest BCUT2D eigenvalue weighted by Crippen LogP contribution is -2.16. The zero-order valence-electron chi connectivity index (χ0n) is 7.04. The Morgan fingerprint density at radius 2 is 2.38 bits per heavy atom. The van der Waals surface area contributed by atoms with E-state index in [9.17, 15) is 4.79 Å². The normalized spacial score (nSPS) is 9.77. The van der Waals surface area contributed by atoms with E-state index in [4.69, 9.17) is 16.7 Å². The molecule has 0 aliphatic carbocycles. The fourth-order valence-corrected chi connectivity index (χ4v) is 1.04. The van der Waals surface area contributed by atoms with Crippen molar-refractivity contribution in [1.29, 1.82) is 0 Å². The summed E-state index contributed by atoms with van der Waals surface area (Å²) in [5.41, 5.74) is 1.18. The zero-order chi connectivity index (χ0) is 9.84. The Kier molecular flexibility index (Phi) is 3.22. The van der Waals surface area contributed by atoms with Crippen LogP contribution in [0.3, 0.4) is 0 Å². The van der Waals surface area contributed by atoms with Crippen LogP contribution in [0.1, 0.15) is 5.69 Å². The predicted molar refractivity (Wildman–Crippen MR) is 49.7 cm³/mol. The van der Waals surface area contributed by atoms with E-state index >= 15 is 0 Å². The van der Waals surface area contributed by atoms with E-state index in [0.717, 1.165) is 0 Å². The van der Waals surface area contributed by atoms with Crippen molar-refractivity contribution in [2.24, 2.45) is 0 Å². The van der Waals surface area contributed by atoms with Crippen LogP contribution in [-0.4, -0.2) is 22.6 Å². The molecule has 2 N–H and O–H groups in total. The Hall–Kier alpha value is -1.13. The number of rotatable bonds is 2. The van der Waals surface area contributed by atoms with Gasteiger partial charge in [-0.1, -0.05) is 11.6 Å². The Balaban J connectivity index is 2.83. The van der Waals surface area contributed by atoms with Gasteiger partial charge in [-0.3, -0.25) is 4.79 Å². The number of aliphatic hydroxyl groups is 1. The van der Waals surface area contributed by atoms with E-state index < -0.39 is 12.5 Å². The second kappa shape index (κ2) is 4.20. The molecule has 13 heavy (non-hydrogen) atoms. The summed E-state index contributed by atoms with van der Waals surface area (Å²) < 4.78 is 0. The molecule has 0 saturated heterocycles. The summed E-state index contributed by atoms with van der Waals surface area (Å²) in [4.78, 5) is 14.7. The van der Waals surface area contributed by atoms with Crippen LogP contribution < -0.4 is 5.32 Å². The minimum atomic E-state index is -0.540. The lowest BCUT2D eigenvalue weighted by Gasteiger charge is -2.05. The highest BCUT2D eigenvalue weighted by Gasteiger charge is 2.03. The smallest absolute Gasteiger partial charge is 0.250 e. The van der Waals surface area contributed by atoms with Gasteiger partial charge in [-0.15, -0.1) is 0 Å². The molecule has 1 heterocycles. The Morgan fingerprint density at radius 3 is 2.92 bits per heavy atom. The van der Waals surface area contributed by atoms with Crippen molar-refractivity contribution >= 4 is 23.2 Å². The van der Waals surface area contributed by atoms with Gasteiger partial charge in [0.2, 0.25) is 5.91 Å². The number of halogens is 1. The number of amides is 1. The third-order valence-electron chi connectivity index (χ3n) is 1.47. The van der Waals surface area contributed by atoms with Crippen molar-refractivity contribution in [1.82, 2.24) is 4.98 Å². The molecule has 1 aromatic heterocycles. The Morgan fingerprint density at radius 1 is 1.69 bits per heavy atom. The van der Waals surface area contributed by atoms with Gasteiger partial charge in [-0.05, 0) is 19.1 Å². The molecule has 5 heteroatoms. The second-order valence-electron chi connectivity index (χ2n) is 2.47. The van der Waals surface area contributed by atoms with Crippen molar-refractivity contribution in [2.75, 3.05) is 11.9 Å². The molecule has 70 valence electrons. The highest BCUT2D eigenvalue weighted by Crippen LogP contribution is 2.15.